The first kappa shape index (κ1) is 15.5. The van der Waals surface area contributed by atoms with Gasteiger partial charge in [0.05, 0.1) is 11.0 Å². The Kier molecular flexibility index (Phi) is 3.98. The third-order valence-electron chi connectivity index (χ3n) is 4.86. The van der Waals surface area contributed by atoms with Crippen LogP contribution in [-0.4, -0.2) is 16.3 Å². The lowest BCUT2D eigenvalue weighted by atomic mass is 9.82. The molecule has 4 rings (SSSR count). The summed E-state index contributed by atoms with van der Waals surface area (Å²) in [6.07, 6.45) is 4.61. The number of fused-ring (bicyclic) bond motifs is 2. The van der Waals surface area contributed by atoms with Gasteiger partial charge in [-0.25, -0.2) is 0 Å². The highest BCUT2D eigenvalue weighted by Gasteiger charge is 2.24. The molecule has 0 aliphatic rings. The molecule has 0 radical (unpaired) electrons. The van der Waals surface area contributed by atoms with E-state index in [1.807, 2.05) is 54.6 Å². The highest BCUT2D eigenvalue weighted by molar-refractivity contribution is 5.87. The van der Waals surface area contributed by atoms with Gasteiger partial charge < -0.3 is 4.79 Å². The Labute approximate surface area is 146 Å². The number of hydrogen-bond acceptors (Lipinski definition) is 3. The van der Waals surface area contributed by atoms with Gasteiger partial charge in [0.25, 0.3) is 0 Å². The molecule has 0 spiro atoms. The third-order valence-corrected chi connectivity index (χ3v) is 4.86. The summed E-state index contributed by atoms with van der Waals surface area (Å²) in [5.74, 6) is -0.269. The fourth-order valence-corrected chi connectivity index (χ4v) is 3.55. The van der Waals surface area contributed by atoms with Crippen LogP contribution in [0.2, 0.25) is 0 Å². The van der Waals surface area contributed by atoms with Crippen molar-refractivity contribution in [3.05, 3.63) is 84.2 Å². The number of carbonyl (C=O) groups excluding carboxylic acids is 1. The summed E-state index contributed by atoms with van der Waals surface area (Å²) in [5, 5.41) is 2.14. The van der Waals surface area contributed by atoms with Gasteiger partial charge in [-0.15, -0.1) is 0 Å². The topological polar surface area (TPSA) is 42.9 Å². The summed E-state index contributed by atoms with van der Waals surface area (Å²) in [4.78, 5) is 21.1. The van der Waals surface area contributed by atoms with Gasteiger partial charge in [0.1, 0.15) is 6.29 Å². The number of aldehydes is 1. The Morgan fingerprint density at radius 3 is 1.88 bits per heavy atom. The summed E-state index contributed by atoms with van der Waals surface area (Å²) >= 11 is 0. The molecule has 2 heterocycles. The van der Waals surface area contributed by atoms with Crippen LogP contribution in [0.25, 0.3) is 21.8 Å². The minimum Gasteiger partial charge on any atom is -0.303 e. The predicted octanol–water partition coefficient (Wildman–Crippen LogP) is 4.87. The molecular formula is C22H18N2O. The zero-order chi connectivity index (χ0) is 17.2. The first-order valence-electron chi connectivity index (χ1n) is 8.42. The number of benzene rings is 2. The number of carbonyl (C=O) groups is 1. The smallest absolute Gasteiger partial charge is 0.128 e. The number of para-hydroxylation sites is 2. The molecule has 0 fully saturated rings. The summed E-state index contributed by atoms with van der Waals surface area (Å²) in [7, 11) is 0. The summed E-state index contributed by atoms with van der Waals surface area (Å²) < 4.78 is 0. The Balaban J connectivity index is 1.87. The molecule has 2 aromatic heterocycles. The van der Waals surface area contributed by atoms with Gasteiger partial charge in [-0.1, -0.05) is 55.5 Å². The zero-order valence-corrected chi connectivity index (χ0v) is 14.0. The van der Waals surface area contributed by atoms with Crippen LogP contribution in [0, 0.1) is 0 Å². The van der Waals surface area contributed by atoms with E-state index in [-0.39, 0.29) is 11.8 Å². The lowest BCUT2D eigenvalue weighted by molar-refractivity contribution is -0.109. The van der Waals surface area contributed by atoms with E-state index in [4.69, 9.17) is 0 Å². The molecule has 3 nitrogen and oxygen atoms in total. The SMILES string of the molecule is CC(c1cccc2cccnc12)C(C=O)c1cccc2cccnc12. The summed E-state index contributed by atoms with van der Waals surface area (Å²) in [6, 6.07) is 20.1. The van der Waals surface area contributed by atoms with Gasteiger partial charge >= 0.3 is 0 Å². The van der Waals surface area contributed by atoms with Crippen LogP contribution in [0.3, 0.4) is 0 Å². The second-order valence-corrected chi connectivity index (χ2v) is 6.30. The van der Waals surface area contributed by atoms with Crippen LogP contribution in [0.1, 0.15) is 29.9 Å². The number of aromatic nitrogens is 2. The molecule has 0 aliphatic carbocycles. The van der Waals surface area contributed by atoms with Crippen molar-refractivity contribution in [3.63, 3.8) is 0 Å². The zero-order valence-electron chi connectivity index (χ0n) is 14.0. The van der Waals surface area contributed by atoms with E-state index in [1.54, 1.807) is 12.4 Å². The lowest BCUT2D eigenvalue weighted by Gasteiger charge is -2.21. The minimum atomic E-state index is -0.272. The van der Waals surface area contributed by atoms with E-state index in [1.165, 1.54) is 0 Å². The van der Waals surface area contributed by atoms with Crippen molar-refractivity contribution in [1.82, 2.24) is 9.97 Å². The number of pyridine rings is 2. The highest BCUT2D eigenvalue weighted by atomic mass is 16.1. The summed E-state index contributed by atoms with van der Waals surface area (Å²) in [5.41, 5.74) is 3.90. The van der Waals surface area contributed by atoms with Crippen molar-refractivity contribution in [1.29, 1.82) is 0 Å². The molecule has 0 saturated carbocycles. The van der Waals surface area contributed by atoms with E-state index >= 15 is 0 Å². The first-order valence-corrected chi connectivity index (χ1v) is 8.42. The molecule has 25 heavy (non-hydrogen) atoms. The van der Waals surface area contributed by atoms with Crippen molar-refractivity contribution in [3.8, 4) is 0 Å². The van der Waals surface area contributed by atoms with Crippen LogP contribution >= 0.6 is 0 Å². The molecule has 3 heteroatoms. The number of hydrogen-bond donors (Lipinski definition) is 0. The molecule has 2 aromatic carbocycles. The fraction of sp³-hybridized carbons (Fsp3) is 0.136. The van der Waals surface area contributed by atoms with Crippen molar-refractivity contribution in [2.45, 2.75) is 18.8 Å². The molecule has 2 unspecified atom stereocenters. The van der Waals surface area contributed by atoms with Crippen molar-refractivity contribution in [2.75, 3.05) is 0 Å². The van der Waals surface area contributed by atoms with Crippen molar-refractivity contribution >= 4 is 28.1 Å². The first-order chi connectivity index (χ1) is 12.3. The van der Waals surface area contributed by atoms with Crippen LogP contribution in [0.4, 0.5) is 0 Å². The minimum absolute atomic E-state index is 0.00343. The third kappa shape index (κ3) is 2.68. The second-order valence-electron chi connectivity index (χ2n) is 6.30. The maximum atomic E-state index is 12.1. The number of rotatable bonds is 4. The van der Waals surface area contributed by atoms with Gasteiger partial charge in [0.2, 0.25) is 0 Å². The fourth-order valence-electron chi connectivity index (χ4n) is 3.55. The molecule has 4 aromatic rings. The van der Waals surface area contributed by atoms with Crippen LogP contribution in [0.5, 0.6) is 0 Å². The molecule has 0 saturated heterocycles. The molecular weight excluding hydrogens is 308 g/mol. The van der Waals surface area contributed by atoms with Gasteiger partial charge in [-0.2, -0.15) is 0 Å². The molecule has 122 valence electrons. The Hall–Kier alpha value is -3.07. The largest absolute Gasteiger partial charge is 0.303 e. The monoisotopic (exact) mass is 326 g/mol. The maximum absolute atomic E-state index is 12.1. The molecule has 0 bridgehead atoms. The van der Waals surface area contributed by atoms with E-state index < -0.39 is 0 Å². The highest BCUT2D eigenvalue weighted by Crippen LogP contribution is 2.36. The van der Waals surface area contributed by atoms with Gasteiger partial charge in [0, 0.05) is 29.1 Å². The van der Waals surface area contributed by atoms with E-state index in [9.17, 15) is 4.79 Å². The standard InChI is InChI=1S/C22H18N2O/c1-15(18-10-2-6-16-8-4-12-23-21(16)18)20(14-25)19-11-3-7-17-9-5-13-24-22(17)19/h2-15,20H,1H3. The Morgan fingerprint density at radius 1 is 0.760 bits per heavy atom. The second kappa shape index (κ2) is 6.44. The van der Waals surface area contributed by atoms with Crippen LogP contribution in [-0.2, 0) is 4.79 Å². The molecule has 2 atom stereocenters. The van der Waals surface area contributed by atoms with Gasteiger partial charge in [0.15, 0.2) is 0 Å². The van der Waals surface area contributed by atoms with Crippen LogP contribution < -0.4 is 0 Å². The number of nitrogens with zero attached hydrogens (tertiary/aromatic N) is 2. The average Bonchev–Trinajstić information content (AvgIpc) is 2.68. The molecule has 0 N–H and O–H groups in total. The molecule has 0 aliphatic heterocycles. The van der Waals surface area contributed by atoms with Gasteiger partial charge in [-0.3, -0.25) is 9.97 Å². The van der Waals surface area contributed by atoms with E-state index in [2.05, 4.69) is 23.0 Å². The Bertz CT molecular complexity index is 1050. The Morgan fingerprint density at radius 2 is 1.28 bits per heavy atom. The molecule has 0 amide bonds. The quantitative estimate of drug-likeness (QED) is 0.503. The van der Waals surface area contributed by atoms with Crippen LogP contribution in [0.15, 0.2) is 73.1 Å². The van der Waals surface area contributed by atoms with Gasteiger partial charge in [-0.05, 0) is 29.2 Å². The normalized spacial score (nSPS) is 13.6. The summed E-state index contributed by atoms with van der Waals surface area (Å²) in [6.45, 7) is 2.09. The van der Waals surface area contributed by atoms with Crippen molar-refractivity contribution in [2.24, 2.45) is 0 Å². The van der Waals surface area contributed by atoms with E-state index in [0.29, 0.717) is 0 Å². The average molecular weight is 326 g/mol. The predicted molar refractivity (Wildman–Crippen MR) is 101 cm³/mol. The maximum Gasteiger partial charge on any atom is 0.128 e. The lowest BCUT2D eigenvalue weighted by Crippen LogP contribution is -2.11. The van der Waals surface area contributed by atoms with E-state index in [0.717, 1.165) is 39.2 Å². The van der Waals surface area contributed by atoms with Crippen molar-refractivity contribution < 1.29 is 4.79 Å².